The van der Waals surface area contributed by atoms with E-state index in [0.717, 1.165) is 25.3 Å². The average molecular weight is 251 g/mol. The zero-order valence-electron chi connectivity index (χ0n) is 11.8. The fourth-order valence-electron chi connectivity index (χ4n) is 2.76. The van der Waals surface area contributed by atoms with Crippen LogP contribution in [-0.2, 0) is 13.1 Å². The van der Waals surface area contributed by atoms with Gasteiger partial charge < -0.3 is 10.2 Å². The van der Waals surface area contributed by atoms with Gasteiger partial charge in [0.1, 0.15) is 0 Å². The molecule has 1 fully saturated rings. The lowest BCUT2D eigenvalue weighted by Gasteiger charge is -2.15. The maximum atomic E-state index is 4.36. The van der Waals surface area contributed by atoms with Crippen molar-refractivity contribution in [3.8, 4) is 0 Å². The number of likely N-dealkylation sites (N-methyl/N-ethyl adjacent to an activating group) is 1. The number of aromatic nitrogens is 3. The zero-order chi connectivity index (χ0) is 13.0. The van der Waals surface area contributed by atoms with Crippen LogP contribution >= 0.6 is 0 Å². The molecule has 1 heterocycles. The third-order valence-electron chi connectivity index (χ3n) is 3.69. The van der Waals surface area contributed by atoms with Gasteiger partial charge in [0.05, 0.1) is 17.9 Å². The molecule has 0 atom stereocenters. The van der Waals surface area contributed by atoms with E-state index in [9.17, 15) is 0 Å². The SMILES string of the molecule is CNCc1nnn(CCN(C)C)c1C1CCCC1. The highest BCUT2D eigenvalue weighted by molar-refractivity contribution is 5.17. The molecule has 5 heteroatoms. The number of hydrogen-bond acceptors (Lipinski definition) is 4. The topological polar surface area (TPSA) is 46.0 Å². The highest BCUT2D eigenvalue weighted by Gasteiger charge is 2.25. The molecule has 2 rings (SSSR count). The first-order chi connectivity index (χ1) is 8.72. The van der Waals surface area contributed by atoms with Gasteiger partial charge >= 0.3 is 0 Å². The van der Waals surface area contributed by atoms with Crippen LogP contribution in [0.25, 0.3) is 0 Å². The van der Waals surface area contributed by atoms with Gasteiger partial charge in [-0.25, -0.2) is 4.68 Å². The van der Waals surface area contributed by atoms with Crippen molar-refractivity contribution in [2.24, 2.45) is 0 Å². The molecule has 102 valence electrons. The summed E-state index contributed by atoms with van der Waals surface area (Å²) < 4.78 is 2.13. The van der Waals surface area contributed by atoms with Crippen LogP contribution in [-0.4, -0.2) is 47.6 Å². The van der Waals surface area contributed by atoms with E-state index in [1.165, 1.54) is 31.4 Å². The highest BCUT2D eigenvalue weighted by Crippen LogP contribution is 2.35. The van der Waals surface area contributed by atoms with Gasteiger partial charge in [-0.15, -0.1) is 5.10 Å². The normalized spacial score (nSPS) is 16.9. The van der Waals surface area contributed by atoms with E-state index in [1.807, 2.05) is 7.05 Å². The summed E-state index contributed by atoms with van der Waals surface area (Å²) in [5.74, 6) is 0.672. The average Bonchev–Trinajstić information content (AvgIpc) is 2.95. The van der Waals surface area contributed by atoms with E-state index in [0.29, 0.717) is 5.92 Å². The van der Waals surface area contributed by atoms with Crippen molar-refractivity contribution in [3.05, 3.63) is 11.4 Å². The summed E-state index contributed by atoms with van der Waals surface area (Å²) >= 11 is 0. The third-order valence-corrected chi connectivity index (χ3v) is 3.69. The predicted octanol–water partition coefficient (Wildman–Crippen LogP) is 1.22. The van der Waals surface area contributed by atoms with E-state index in [2.05, 4.69) is 39.3 Å². The molecule has 5 nitrogen and oxygen atoms in total. The summed E-state index contributed by atoms with van der Waals surface area (Å²) in [6, 6.07) is 0. The molecule has 1 aliphatic rings. The second-order valence-corrected chi connectivity index (χ2v) is 5.46. The maximum Gasteiger partial charge on any atom is 0.0999 e. The first-order valence-electron chi connectivity index (χ1n) is 6.94. The fraction of sp³-hybridized carbons (Fsp3) is 0.846. The van der Waals surface area contributed by atoms with Gasteiger partial charge in [-0.05, 0) is 34.0 Å². The van der Waals surface area contributed by atoms with Crippen molar-refractivity contribution in [1.82, 2.24) is 25.2 Å². The number of nitrogens with zero attached hydrogens (tertiary/aromatic N) is 4. The Morgan fingerprint density at radius 1 is 1.33 bits per heavy atom. The van der Waals surface area contributed by atoms with Crippen molar-refractivity contribution in [2.75, 3.05) is 27.7 Å². The standard InChI is InChI=1S/C13H25N5/c1-14-10-12-13(11-6-4-5-7-11)18(16-15-12)9-8-17(2)3/h11,14H,4-10H2,1-3H3. The van der Waals surface area contributed by atoms with Crippen LogP contribution in [0.5, 0.6) is 0 Å². The largest absolute Gasteiger partial charge is 0.314 e. The molecule has 0 bridgehead atoms. The summed E-state index contributed by atoms with van der Waals surface area (Å²) in [4.78, 5) is 2.19. The lowest BCUT2D eigenvalue weighted by Crippen LogP contribution is -2.21. The molecule has 0 spiro atoms. The monoisotopic (exact) mass is 251 g/mol. The van der Waals surface area contributed by atoms with Crippen molar-refractivity contribution < 1.29 is 0 Å². The minimum Gasteiger partial charge on any atom is -0.314 e. The van der Waals surface area contributed by atoms with Crippen LogP contribution in [0.2, 0.25) is 0 Å². The molecule has 0 aliphatic heterocycles. The lowest BCUT2D eigenvalue weighted by atomic mass is 10.0. The van der Waals surface area contributed by atoms with Crippen LogP contribution < -0.4 is 5.32 Å². The Labute approximate surface area is 110 Å². The molecular weight excluding hydrogens is 226 g/mol. The van der Waals surface area contributed by atoms with Gasteiger partial charge in [0, 0.05) is 19.0 Å². The molecule has 0 unspecified atom stereocenters. The van der Waals surface area contributed by atoms with Crippen molar-refractivity contribution in [1.29, 1.82) is 0 Å². The Balaban J connectivity index is 2.16. The van der Waals surface area contributed by atoms with Gasteiger partial charge in [0.2, 0.25) is 0 Å². The van der Waals surface area contributed by atoms with E-state index >= 15 is 0 Å². The van der Waals surface area contributed by atoms with Crippen molar-refractivity contribution >= 4 is 0 Å². The van der Waals surface area contributed by atoms with Gasteiger partial charge in [-0.2, -0.15) is 0 Å². The van der Waals surface area contributed by atoms with E-state index in [-0.39, 0.29) is 0 Å². The molecule has 0 aromatic carbocycles. The van der Waals surface area contributed by atoms with Gasteiger partial charge in [-0.3, -0.25) is 0 Å². The van der Waals surface area contributed by atoms with Crippen LogP contribution in [0.15, 0.2) is 0 Å². The van der Waals surface area contributed by atoms with E-state index < -0.39 is 0 Å². The number of hydrogen-bond donors (Lipinski definition) is 1. The molecule has 1 aromatic heterocycles. The molecule has 0 radical (unpaired) electrons. The Morgan fingerprint density at radius 3 is 2.67 bits per heavy atom. The fourth-order valence-corrected chi connectivity index (χ4v) is 2.76. The van der Waals surface area contributed by atoms with Crippen LogP contribution in [0.4, 0.5) is 0 Å². The Bertz CT molecular complexity index is 365. The van der Waals surface area contributed by atoms with E-state index in [1.54, 1.807) is 0 Å². The minimum atomic E-state index is 0.672. The Morgan fingerprint density at radius 2 is 2.06 bits per heavy atom. The van der Waals surface area contributed by atoms with E-state index in [4.69, 9.17) is 0 Å². The summed E-state index contributed by atoms with van der Waals surface area (Å²) in [6.07, 6.45) is 5.29. The minimum absolute atomic E-state index is 0.672. The van der Waals surface area contributed by atoms with Crippen LogP contribution in [0, 0.1) is 0 Å². The predicted molar refractivity (Wildman–Crippen MR) is 72.5 cm³/mol. The molecule has 1 aromatic rings. The third kappa shape index (κ3) is 3.09. The van der Waals surface area contributed by atoms with Crippen LogP contribution in [0.1, 0.15) is 43.0 Å². The second-order valence-electron chi connectivity index (χ2n) is 5.46. The summed E-state index contributed by atoms with van der Waals surface area (Å²) in [6.45, 7) is 2.78. The number of rotatable bonds is 6. The molecule has 18 heavy (non-hydrogen) atoms. The lowest BCUT2D eigenvalue weighted by molar-refractivity contribution is 0.363. The molecule has 1 saturated carbocycles. The molecule has 1 aliphatic carbocycles. The molecular formula is C13H25N5. The smallest absolute Gasteiger partial charge is 0.0999 e. The first kappa shape index (κ1) is 13.5. The summed E-state index contributed by atoms with van der Waals surface area (Å²) in [5.41, 5.74) is 2.52. The van der Waals surface area contributed by atoms with Crippen LogP contribution in [0.3, 0.4) is 0 Å². The second kappa shape index (κ2) is 6.29. The summed E-state index contributed by atoms with van der Waals surface area (Å²) in [5, 5.41) is 11.9. The molecule has 0 saturated heterocycles. The van der Waals surface area contributed by atoms with Gasteiger partial charge in [-0.1, -0.05) is 18.1 Å². The Hall–Kier alpha value is -0.940. The highest BCUT2D eigenvalue weighted by atomic mass is 15.4. The Kier molecular flexibility index (Phi) is 4.72. The first-order valence-corrected chi connectivity index (χ1v) is 6.94. The molecule has 0 amide bonds. The number of nitrogens with one attached hydrogen (secondary N) is 1. The zero-order valence-corrected chi connectivity index (χ0v) is 11.8. The van der Waals surface area contributed by atoms with Gasteiger partial charge in [0.25, 0.3) is 0 Å². The quantitative estimate of drug-likeness (QED) is 0.825. The molecule has 1 N–H and O–H groups in total. The van der Waals surface area contributed by atoms with Crippen molar-refractivity contribution in [2.45, 2.75) is 44.7 Å². The summed E-state index contributed by atoms with van der Waals surface area (Å²) in [7, 11) is 6.17. The maximum absolute atomic E-state index is 4.36. The van der Waals surface area contributed by atoms with Crippen molar-refractivity contribution in [3.63, 3.8) is 0 Å². The van der Waals surface area contributed by atoms with Gasteiger partial charge in [0.15, 0.2) is 0 Å².